The molecular formula is C15H25N3O2S. The van der Waals surface area contributed by atoms with E-state index in [4.69, 9.17) is 0 Å². The van der Waals surface area contributed by atoms with Crippen molar-refractivity contribution >= 4 is 15.8 Å². The molecule has 0 aliphatic heterocycles. The summed E-state index contributed by atoms with van der Waals surface area (Å²) >= 11 is 0. The minimum atomic E-state index is -3.13. The van der Waals surface area contributed by atoms with Gasteiger partial charge in [0.2, 0.25) is 0 Å². The molecule has 0 atom stereocenters. The fraction of sp³-hybridized carbons (Fsp3) is 0.533. The number of hydrogen-bond donors (Lipinski definition) is 1. The third kappa shape index (κ3) is 5.75. The maximum Gasteiger partial charge on any atom is 0.193 e. The zero-order chi connectivity index (χ0) is 15.9. The zero-order valence-corrected chi connectivity index (χ0v) is 14.1. The molecule has 118 valence electrons. The predicted molar refractivity (Wildman–Crippen MR) is 87.3 cm³/mol. The van der Waals surface area contributed by atoms with Gasteiger partial charge in [0.25, 0.3) is 0 Å². The second-order valence-corrected chi connectivity index (χ2v) is 7.11. The summed E-state index contributed by atoms with van der Waals surface area (Å²) in [5.74, 6) is 0.843. The van der Waals surface area contributed by atoms with E-state index in [9.17, 15) is 8.42 Å². The molecule has 0 spiro atoms. The number of nitrogens with zero attached hydrogens (tertiary/aromatic N) is 2. The van der Waals surface area contributed by atoms with Crippen LogP contribution in [0.3, 0.4) is 0 Å². The lowest BCUT2D eigenvalue weighted by Crippen LogP contribution is -2.38. The van der Waals surface area contributed by atoms with E-state index in [1.165, 1.54) is 6.26 Å². The van der Waals surface area contributed by atoms with Crippen LogP contribution in [0.1, 0.15) is 25.3 Å². The van der Waals surface area contributed by atoms with Gasteiger partial charge in [-0.3, -0.25) is 4.99 Å². The molecule has 0 amide bonds. The van der Waals surface area contributed by atoms with Crippen LogP contribution in [-0.4, -0.2) is 46.2 Å². The molecule has 0 heterocycles. The van der Waals surface area contributed by atoms with Crippen LogP contribution in [0, 0.1) is 0 Å². The smallest absolute Gasteiger partial charge is 0.193 e. The van der Waals surface area contributed by atoms with E-state index >= 15 is 0 Å². The SMILES string of the molecule is CCCCN(C)C(=NC)NCc1ccc(S(C)(=O)=O)cc1. The quantitative estimate of drug-likeness (QED) is 0.644. The van der Waals surface area contributed by atoms with Crippen molar-refractivity contribution in [2.24, 2.45) is 4.99 Å². The van der Waals surface area contributed by atoms with Crippen LogP contribution in [0.15, 0.2) is 34.2 Å². The number of nitrogens with one attached hydrogen (secondary N) is 1. The average molecular weight is 311 g/mol. The van der Waals surface area contributed by atoms with Crippen LogP contribution in [0.2, 0.25) is 0 Å². The van der Waals surface area contributed by atoms with Crippen molar-refractivity contribution in [2.45, 2.75) is 31.2 Å². The Balaban J connectivity index is 2.61. The molecule has 0 aromatic heterocycles. The Kier molecular flexibility index (Phi) is 6.68. The van der Waals surface area contributed by atoms with Gasteiger partial charge < -0.3 is 10.2 Å². The first-order valence-electron chi connectivity index (χ1n) is 7.09. The summed E-state index contributed by atoms with van der Waals surface area (Å²) in [6.45, 7) is 3.74. The summed E-state index contributed by atoms with van der Waals surface area (Å²) in [5, 5.41) is 3.28. The Morgan fingerprint density at radius 2 is 1.90 bits per heavy atom. The van der Waals surface area contributed by atoms with E-state index in [2.05, 4.69) is 22.1 Å². The molecule has 21 heavy (non-hydrogen) atoms. The van der Waals surface area contributed by atoms with Crippen LogP contribution >= 0.6 is 0 Å². The Labute approximate surface area is 128 Å². The maximum absolute atomic E-state index is 11.4. The summed E-state index contributed by atoms with van der Waals surface area (Å²) in [4.78, 5) is 6.68. The van der Waals surface area contributed by atoms with Gasteiger partial charge in [0.1, 0.15) is 0 Å². The van der Waals surface area contributed by atoms with Crippen molar-refractivity contribution in [3.05, 3.63) is 29.8 Å². The number of guanidine groups is 1. The van der Waals surface area contributed by atoms with Gasteiger partial charge in [-0.2, -0.15) is 0 Å². The number of sulfone groups is 1. The van der Waals surface area contributed by atoms with Crippen LogP contribution < -0.4 is 5.32 Å². The lowest BCUT2D eigenvalue weighted by molar-refractivity contribution is 0.464. The highest BCUT2D eigenvalue weighted by Gasteiger charge is 2.07. The molecule has 0 bridgehead atoms. The molecular weight excluding hydrogens is 286 g/mol. The highest BCUT2D eigenvalue weighted by Crippen LogP contribution is 2.10. The van der Waals surface area contributed by atoms with Crippen molar-refractivity contribution in [2.75, 3.05) is 26.9 Å². The molecule has 6 heteroatoms. The van der Waals surface area contributed by atoms with E-state index in [0.29, 0.717) is 11.4 Å². The van der Waals surface area contributed by atoms with Gasteiger partial charge in [0.05, 0.1) is 4.90 Å². The summed E-state index contributed by atoms with van der Waals surface area (Å²) in [6, 6.07) is 6.91. The van der Waals surface area contributed by atoms with E-state index < -0.39 is 9.84 Å². The van der Waals surface area contributed by atoms with E-state index in [1.807, 2.05) is 19.2 Å². The normalized spacial score (nSPS) is 12.3. The first-order valence-corrected chi connectivity index (χ1v) is 8.98. The van der Waals surface area contributed by atoms with Crippen molar-refractivity contribution in [1.82, 2.24) is 10.2 Å². The molecule has 1 aromatic rings. The van der Waals surface area contributed by atoms with Crippen molar-refractivity contribution in [3.63, 3.8) is 0 Å². The van der Waals surface area contributed by atoms with Gasteiger partial charge in [0, 0.05) is 33.4 Å². The second kappa shape index (κ2) is 8.02. The monoisotopic (exact) mass is 311 g/mol. The van der Waals surface area contributed by atoms with Gasteiger partial charge in [-0.1, -0.05) is 25.5 Å². The third-order valence-corrected chi connectivity index (χ3v) is 4.35. The first kappa shape index (κ1) is 17.5. The molecule has 5 nitrogen and oxygen atoms in total. The van der Waals surface area contributed by atoms with Crippen LogP contribution in [0.4, 0.5) is 0 Å². The molecule has 0 unspecified atom stereocenters. The number of benzene rings is 1. The van der Waals surface area contributed by atoms with Gasteiger partial charge in [-0.25, -0.2) is 8.42 Å². The lowest BCUT2D eigenvalue weighted by atomic mass is 10.2. The standard InChI is InChI=1S/C15H25N3O2S/c1-5-6-11-18(3)15(16-2)17-12-13-7-9-14(10-8-13)21(4,19)20/h7-10H,5-6,11-12H2,1-4H3,(H,16,17). The number of rotatable bonds is 6. The van der Waals surface area contributed by atoms with Crippen molar-refractivity contribution < 1.29 is 8.42 Å². The minimum absolute atomic E-state index is 0.343. The molecule has 0 saturated heterocycles. The highest BCUT2D eigenvalue weighted by molar-refractivity contribution is 7.90. The summed E-state index contributed by atoms with van der Waals surface area (Å²) in [7, 11) is 0.641. The first-order chi connectivity index (χ1) is 9.88. The Hall–Kier alpha value is -1.56. The second-order valence-electron chi connectivity index (χ2n) is 5.09. The van der Waals surface area contributed by atoms with Gasteiger partial charge in [-0.05, 0) is 24.1 Å². The Morgan fingerprint density at radius 1 is 1.29 bits per heavy atom. The third-order valence-electron chi connectivity index (χ3n) is 3.22. The Morgan fingerprint density at radius 3 is 2.38 bits per heavy atom. The average Bonchev–Trinajstić information content (AvgIpc) is 2.45. The number of unbranched alkanes of at least 4 members (excludes halogenated alkanes) is 1. The van der Waals surface area contributed by atoms with Crippen LogP contribution in [0.5, 0.6) is 0 Å². The summed E-state index contributed by atoms with van der Waals surface area (Å²) in [5.41, 5.74) is 1.02. The predicted octanol–water partition coefficient (Wildman–Crippen LogP) is 1.90. The van der Waals surface area contributed by atoms with E-state index in [0.717, 1.165) is 30.9 Å². The largest absolute Gasteiger partial charge is 0.352 e. The molecule has 1 rings (SSSR count). The highest BCUT2D eigenvalue weighted by atomic mass is 32.2. The maximum atomic E-state index is 11.4. The number of aliphatic imine (C=N–C) groups is 1. The number of hydrogen-bond acceptors (Lipinski definition) is 3. The van der Waals surface area contributed by atoms with Crippen LogP contribution in [-0.2, 0) is 16.4 Å². The molecule has 0 fully saturated rings. The van der Waals surface area contributed by atoms with Crippen molar-refractivity contribution in [3.8, 4) is 0 Å². The van der Waals surface area contributed by atoms with E-state index in [-0.39, 0.29) is 0 Å². The zero-order valence-electron chi connectivity index (χ0n) is 13.3. The molecule has 1 N–H and O–H groups in total. The van der Waals surface area contributed by atoms with Crippen LogP contribution in [0.25, 0.3) is 0 Å². The van der Waals surface area contributed by atoms with Gasteiger partial charge in [0.15, 0.2) is 15.8 Å². The summed E-state index contributed by atoms with van der Waals surface area (Å²) < 4.78 is 22.8. The van der Waals surface area contributed by atoms with E-state index in [1.54, 1.807) is 19.2 Å². The topological polar surface area (TPSA) is 61.8 Å². The molecule has 0 radical (unpaired) electrons. The molecule has 1 aromatic carbocycles. The fourth-order valence-electron chi connectivity index (χ4n) is 1.92. The molecule has 0 aliphatic carbocycles. The molecule has 0 saturated carbocycles. The fourth-order valence-corrected chi connectivity index (χ4v) is 2.55. The summed E-state index contributed by atoms with van der Waals surface area (Å²) in [6.07, 6.45) is 3.49. The Bertz CT molecular complexity index is 565. The van der Waals surface area contributed by atoms with Gasteiger partial charge >= 0.3 is 0 Å². The van der Waals surface area contributed by atoms with Crippen molar-refractivity contribution in [1.29, 1.82) is 0 Å². The minimum Gasteiger partial charge on any atom is -0.352 e. The lowest BCUT2D eigenvalue weighted by Gasteiger charge is -2.21. The van der Waals surface area contributed by atoms with Gasteiger partial charge in [-0.15, -0.1) is 0 Å². The molecule has 0 aliphatic rings.